The van der Waals surface area contributed by atoms with Crippen molar-refractivity contribution in [2.24, 2.45) is 0 Å². The van der Waals surface area contributed by atoms with Gasteiger partial charge >= 0.3 is 0 Å². The van der Waals surface area contributed by atoms with Gasteiger partial charge in [-0.3, -0.25) is 9.69 Å². The van der Waals surface area contributed by atoms with Crippen LogP contribution in [0.25, 0.3) is 21.9 Å². The van der Waals surface area contributed by atoms with E-state index in [4.69, 9.17) is 9.47 Å². The molecule has 1 heterocycles. The predicted molar refractivity (Wildman–Crippen MR) is 140 cm³/mol. The average molecular weight is 462 g/mol. The van der Waals surface area contributed by atoms with Crippen molar-refractivity contribution < 1.29 is 14.3 Å². The Balaban J connectivity index is 1.35. The third-order valence-corrected chi connectivity index (χ3v) is 6.86. The lowest BCUT2D eigenvalue weighted by molar-refractivity contribution is 0.0322. The number of Topliss-reactive ketones (excluding diaryl/α,β-unsaturated/α-hetero) is 1. The topological polar surface area (TPSA) is 38.8 Å². The molecule has 4 aromatic carbocycles. The zero-order valence-corrected chi connectivity index (χ0v) is 19.6. The third kappa shape index (κ3) is 4.27. The highest BCUT2D eigenvalue weighted by Gasteiger charge is 2.32. The number of benzene rings is 4. The van der Waals surface area contributed by atoms with Crippen LogP contribution in [-0.2, 0) is 4.74 Å². The summed E-state index contributed by atoms with van der Waals surface area (Å²) in [4.78, 5) is 16.2. The molecular weight excluding hydrogens is 434 g/mol. The summed E-state index contributed by atoms with van der Waals surface area (Å²) >= 11 is 0. The fraction of sp³-hybridized carbons (Fsp3) is 0.194. The maximum atomic E-state index is 13.9. The van der Waals surface area contributed by atoms with Crippen LogP contribution in [0.5, 0.6) is 5.75 Å². The van der Waals surface area contributed by atoms with Gasteiger partial charge in [0.1, 0.15) is 12.4 Å². The number of allylic oxidation sites excluding steroid dienone is 1. The van der Waals surface area contributed by atoms with Crippen molar-refractivity contribution in [1.29, 1.82) is 0 Å². The lowest BCUT2D eigenvalue weighted by Crippen LogP contribution is -2.38. The van der Waals surface area contributed by atoms with Crippen LogP contribution in [0, 0.1) is 0 Å². The number of nitrogens with zero attached hydrogens (tertiary/aromatic N) is 1. The zero-order valence-electron chi connectivity index (χ0n) is 19.6. The largest absolute Gasteiger partial charge is 0.492 e. The van der Waals surface area contributed by atoms with E-state index in [0.29, 0.717) is 12.2 Å². The van der Waals surface area contributed by atoms with Crippen molar-refractivity contribution in [3.8, 4) is 5.75 Å². The van der Waals surface area contributed by atoms with E-state index < -0.39 is 0 Å². The Morgan fingerprint density at radius 2 is 1.49 bits per heavy atom. The molecule has 0 unspecified atom stereocenters. The molecule has 0 N–H and O–H groups in total. The summed E-state index contributed by atoms with van der Waals surface area (Å²) in [6.07, 6.45) is 0. The molecule has 2 aliphatic rings. The van der Waals surface area contributed by atoms with E-state index in [0.717, 1.165) is 77.2 Å². The Morgan fingerprint density at radius 1 is 0.714 bits per heavy atom. The lowest BCUT2D eigenvalue weighted by atomic mass is 9.93. The number of carbonyl (C=O) groups is 1. The summed E-state index contributed by atoms with van der Waals surface area (Å²) in [5.41, 5.74) is 5.39. The second-order valence-corrected chi connectivity index (χ2v) is 9.02. The number of fused-ring (bicyclic) bond motifs is 2. The lowest BCUT2D eigenvalue weighted by Gasteiger charge is -2.26. The first-order valence-electron chi connectivity index (χ1n) is 12.2. The summed E-state index contributed by atoms with van der Waals surface area (Å²) in [5.74, 6) is 0.783. The second kappa shape index (κ2) is 9.49. The minimum atomic E-state index is 0.0489. The Bertz CT molecular complexity index is 1420. The van der Waals surface area contributed by atoms with Crippen LogP contribution in [0.3, 0.4) is 0 Å². The number of ether oxygens (including phenoxy) is 2. The van der Waals surface area contributed by atoms with Crippen molar-refractivity contribution in [2.45, 2.75) is 0 Å². The van der Waals surface area contributed by atoms with E-state index in [9.17, 15) is 4.79 Å². The standard InChI is InChI=1S/C31H27NO3/c33-31-28-21-26(35-19-16-32-14-17-34-18-15-32)12-13-27(28)29(23-7-2-1-3-8-23)30(31)25-11-10-22-6-4-5-9-24(22)20-25/h1-13,20-21H,14-19H2. The number of morpholine rings is 1. The van der Waals surface area contributed by atoms with Crippen molar-refractivity contribution in [3.05, 3.63) is 113 Å². The number of ketones is 1. The highest BCUT2D eigenvalue weighted by Crippen LogP contribution is 2.43. The van der Waals surface area contributed by atoms with Crippen molar-refractivity contribution >= 4 is 27.7 Å². The van der Waals surface area contributed by atoms with E-state index in [1.54, 1.807) is 0 Å². The van der Waals surface area contributed by atoms with Gasteiger partial charge in [0.15, 0.2) is 5.78 Å². The molecule has 1 saturated heterocycles. The first-order valence-corrected chi connectivity index (χ1v) is 12.2. The van der Waals surface area contributed by atoms with Crippen molar-refractivity contribution in [1.82, 2.24) is 4.90 Å². The van der Waals surface area contributed by atoms with Crippen LogP contribution in [0.1, 0.15) is 27.0 Å². The summed E-state index contributed by atoms with van der Waals surface area (Å²) in [6, 6.07) is 30.7. The Labute approximate surface area is 205 Å². The van der Waals surface area contributed by atoms with Gasteiger partial charge in [-0.25, -0.2) is 0 Å². The molecule has 0 aromatic heterocycles. The molecule has 4 aromatic rings. The van der Waals surface area contributed by atoms with Gasteiger partial charge in [-0.05, 0) is 51.7 Å². The normalized spacial score (nSPS) is 16.1. The summed E-state index contributed by atoms with van der Waals surface area (Å²) in [6.45, 7) is 4.86. The third-order valence-electron chi connectivity index (χ3n) is 6.86. The molecule has 1 aliphatic heterocycles. The molecule has 4 heteroatoms. The van der Waals surface area contributed by atoms with Gasteiger partial charge < -0.3 is 9.47 Å². The van der Waals surface area contributed by atoms with Crippen molar-refractivity contribution in [3.63, 3.8) is 0 Å². The molecule has 0 radical (unpaired) electrons. The van der Waals surface area contributed by atoms with E-state index in [-0.39, 0.29) is 5.78 Å². The zero-order chi connectivity index (χ0) is 23.6. The maximum absolute atomic E-state index is 13.9. The monoisotopic (exact) mass is 461 g/mol. The molecular formula is C31H27NO3. The first-order chi connectivity index (χ1) is 17.3. The molecule has 1 fully saturated rings. The van der Waals surface area contributed by atoms with E-state index in [2.05, 4.69) is 47.4 Å². The molecule has 0 amide bonds. The fourth-order valence-corrected chi connectivity index (χ4v) is 5.04. The molecule has 0 atom stereocenters. The number of rotatable bonds is 6. The molecule has 0 spiro atoms. The minimum absolute atomic E-state index is 0.0489. The van der Waals surface area contributed by atoms with Crippen LogP contribution < -0.4 is 4.74 Å². The van der Waals surface area contributed by atoms with Crippen molar-refractivity contribution in [2.75, 3.05) is 39.5 Å². The summed E-state index contributed by atoms with van der Waals surface area (Å²) < 4.78 is 11.5. The van der Waals surface area contributed by atoms with Crippen LogP contribution >= 0.6 is 0 Å². The molecule has 0 saturated carbocycles. The highest BCUT2D eigenvalue weighted by atomic mass is 16.5. The minimum Gasteiger partial charge on any atom is -0.492 e. The number of hydrogen-bond acceptors (Lipinski definition) is 4. The Morgan fingerprint density at radius 3 is 2.31 bits per heavy atom. The van der Waals surface area contributed by atoms with E-state index in [1.165, 1.54) is 0 Å². The van der Waals surface area contributed by atoms with Gasteiger partial charge in [-0.15, -0.1) is 0 Å². The highest BCUT2D eigenvalue weighted by molar-refractivity contribution is 6.41. The predicted octanol–water partition coefficient (Wildman–Crippen LogP) is 5.71. The molecule has 1 aliphatic carbocycles. The SMILES string of the molecule is O=C1C(c2ccc3ccccc3c2)=C(c2ccccc2)c2ccc(OCCN3CCOCC3)cc21. The quantitative estimate of drug-likeness (QED) is 0.369. The molecule has 174 valence electrons. The molecule has 6 rings (SSSR count). The molecule has 4 nitrogen and oxygen atoms in total. The van der Waals surface area contributed by atoms with Gasteiger partial charge in [0.2, 0.25) is 0 Å². The van der Waals surface area contributed by atoms with Crippen LogP contribution in [-0.4, -0.2) is 50.1 Å². The smallest absolute Gasteiger partial charge is 0.195 e. The average Bonchev–Trinajstić information content (AvgIpc) is 3.21. The number of hydrogen-bond donors (Lipinski definition) is 0. The Hall–Kier alpha value is -3.73. The number of carbonyl (C=O) groups excluding carboxylic acids is 1. The van der Waals surface area contributed by atoms with Gasteiger partial charge in [0.25, 0.3) is 0 Å². The Kier molecular flexibility index (Phi) is 5.91. The van der Waals surface area contributed by atoms with Gasteiger partial charge in [0, 0.05) is 36.3 Å². The summed E-state index contributed by atoms with van der Waals surface area (Å²) in [7, 11) is 0. The van der Waals surface area contributed by atoms with Gasteiger partial charge in [-0.2, -0.15) is 0 Å². The van der Waals surface area contributed by atoms with Gasteiger partial charge in [0.05, 0.1) is 13.2 Å². The molecule has 0 bridgehead atoms. The van der Waals surface area contributed by atoms with Crippen LogP contribution in [0.2, 0.25) is 0 Å². The molecule has 35 heavy (non-hydrogen) atoms. The van der Waals surface area contributed by atoms with E-state index in [1.807, 2.05) is 48.5 Å². The van der Waals surface area contributed by atoms with Gasteiger partial charge in [-0.1, -0.05) is 66.7 Å². The van der Waals surface area contributed by atoms with Crippen LogP contribution in [0.4, 0.5) is 0 Å². The van der Waals surface area contributed by atoms with Crippen LogP contribution in [0.15, 0.2) is 91.0 Å². The summed E-state index contributed by atoms with van der Waals surface area (Å²) in [5, 5.41) is 2.29. The second-order valence-electron chi connectivity index (χ2n) is 9.02. The maximum Gasteiger partial charge on any atom is 0.195 e. The van der Waals surface area contributed by atoms with E-state index >= 15 is 0 Å². The first kappa shape index (κ1) is 21.8. The fourth-order valence-electron chi connectivity index (χ4n) is 5.04.